The minimum Gasteiger partial charge on any atom is -0.348 e. The number of nitrogens with zero attached hydrogens (tertiary/aromatic N) is 1. The molecule has 3 aromatic carbocycles. The van der Waals surface area contributed by atoms with E-state index in [0.717, 1.165) is 11.1 Å². The monoisotopic (exact) mass is 484 g/mol. The van der Waals surface area contributed by atoms with E-state index in [2.05, 4.69) is 5.32 Å². The minimum absolute atomic E-state index is 0.180. The molecule has 1 aliphatic heterocycles. The van der Waals surface area contributed by atoms with Gasteiger partial charge in [0.15, 0.2) is 0 Å². The number of halogens is 2. The molecule has 1 N–H and O–H groups in total. The van der Waals surface area contributed by atoms with Gasteiger partial charge in [0.2, 0.25) is 5.91 Å². The molecule has 7 heteroatoms. The highest BCUT2D eigenvalue weighted by Gasteiger charge is 2.43. The van der Waals surface area contributed by atoms with Crippen molar-refractivity contribution < 1.29 is 9.59 Å². The molecule has 1 aliphatic rings. The predicted octanol–water partition coefficient (Wildman–Crippen LogP) is 6.13. The van der Waals surface area contributed by atoms with Gasteiger partial charge in [0, 0.05) is 10.8 Å². The Bertz CT molecular complexity index is 1110. The zero-order chi connectivity index (χ0) is 22.7. The SMILES string of the molecule is CC(NC(=O)C1CSC(c2ccccc2)N1C(=O)c1ccc(Cl)cc1Cl)c1ccccc1. The lowest BCUT2D eigenvalue weighted by Gasteiger charge is -2.30. The summed E-state index contributed by atoms with van der Waals surface area (Å²) in [6.45, 7) is 1.94. The van der Waals surface area contributed by atoms with Crippen LogP contribution in [0, 0.1) is 0 Å². The summed E-state index contributed by atoms with van der Waals surface area (Å²) in [6.07, 6.45) is 0. The van der Waals surface area contributed by atoms with Crippen molar-refractivity contribution in [1.29, 1.82) is 0 Å². The highest BCUT2D eigenvalue weighted by atomic mass is 35.5. The molecule has 1 fully saturated rings. The van der Waals surface area contributed by atoms with Crippen LogP contribution in [0.25, 0.3) is 0 Å². The van der Waals surface area contributed by atoms with Crippen molar-refractivity contribution in [3.05, 3.63) is 106 Å². The Hall–Kier alpha value is -2.47. The molecule has 0 spiro atoms. The van der Waals surface area contributed by atoms with Gasteiger partial charge in [-0.1, -0.05) is 83.9 Å². The van der Waals surface area contributed by atoms with Gasteiger partial charge in [-0.25, -0.2) is 0 Å². The van der Waals surface area contributed by atoms with Crippen molar-refractivity contribution in [3.8, 4) is 0 Å². The van der Waals surface area contributed by atoms with Gasteiger partial charge in [-0.2, -0.15) is 0 Å². The summed E-state index contributed by atoms with van der Waals surface area (Å²) in [5.74, 6) is 0.00730. The van der Waals surface area contributed by atoms with Crippen LogP contribution < -0.4 is 5.32 Å². The molecular formula is C25H22Cl2N2O2S. The summed E-state index contributed by atoms with van der Waals surface area (Å²) in [5, 5.41) is 3.50. The molecule has 0 saturated carbocycles. The number of amides is 2. The Labute approximate surface area is 201 Å². The maximum Gasteiger partial charge on any atom is 0.257 e. The Balaban J connectivity index is 1.64. The summed E-state index contributed by atoms with van der Waals surface area (Å²) in [5.41, 5.74) is 2.29. The van der Waals surface area contributed by atoms with Gasteiger partial charge in [0.25, 0.3) is 5.91 Å². The quantitative estimate of drug-likeness (QED) is 0.473. The van der Waals surface area contributed by atoms with E-state index in [-0.39, 0.29) is 28.3 Å². The minimum atomic E-state index is -0.629. The van der Waals surface area contributed by atoms with Crippen molar-refractivity contribution in [2.75, 3.05) is 5.75 Å². The molecule has 1 saturated heterocycles. The van der Waals surface area contributed by atoms with E-state index in [4.69, 9.17) is 23.2 Å². The van der Waals surface area contributed by atoms with E-state index in [1.807, 2.05) is 67.6 Å². The van der Waals surface area contributed by atoms with E-state index in [0.29, 0.717) is 16.3 Å². The average Bonchev–Trinajstić information content (AvgIpc) is 3.25. The molecule has 0 aromatic heterocycles. The van der Waals surface area contributed by atoms with Crippen molar-refractivity contribution in [2.45, 2.75) is 24.4 Å². The van der Waals surface area contributed by atoms with Crippen LogP contribution in [0.5, 0.6) is 0 Å². The molecular weight excluding hydrogens is 463 g/mol. The number of nitrogens with one attached hydrogen (secondary N) is 1. The molecule has 1 heterocycles. The first-order valence-corrected chi connectivity index (χ1v) is 12.1. The number of hydrogen-bond donors (Lipinski definition) is 1. The largest absolute Gasteiger partial charge is 0.348 e. The number of rotatable bonds is 5. The van der Waals surface area contributed by atoms with Crippen LogP contribution in [0.2, 0.25) is 10.0 Å². The van der Waals surface area contributed by atoms with Gasteiger partial charge in [0.05, 0.1) is 16.6 Å². The second-order valence-corrected chi connectivity index (χ2v) is 9.55. The third-order valence-electron chi connectivity index (χ3n) is 5.44. The second-order valence-electron chi connectivity index (χ2n) is 7.59. The van der Waals surface area contributed by atoms with Crippen molar-refractivity contribution in [3.63, 3.8) is 0 Å². The van der Waals surface area contributed by atoms with Crippen LogP contribution in [0.4, 0.5) is 0 Å². The summed E-state index contributed by atoms with van der Waals surface area (Å²) in [4.78, 5) is 28.6. The van der Waals surface area contributed by atoms with E-state index >= 15 is 0 Å². The van der Waals surface area contributed by atoms with Crippen molar-refractivity contribution in [2.24, 2.45) is 0 Å². The Morgan fingerprint density at radius 3 is 2.31 bits per heavy atom. The van der Waals surface area contributed by atoms with E-state index < -0.39 is 6.04 Å². The summed E-state index contributed by atoms with van der Waals surface area (Å²) in [6, 6.07) is 23.5. The average molecular weight is 485 g/mol. The standard InChI is InChI=1S/C25H22Cl2N2O2S/c1-16(17-8-4-2-5-9-17)28-23(30)22-15-32-25(18-10-6-3-7-11-18)29(22)24(31)20-13-12-19(26)14-21(20)27/h2-14,16,22,25H,15H2,1H3,(H,28,30). The second kappa shape index (κ2) is 9.99. The zero-order valence-corrected chi connectivity index (χ0v) is 19.7. The van der Waals surface area contributed by atoms with Crippen LogP contribution in [-0.2, 0) is 4.79 Å². The first-order chi connectivity index (χ1) is 15.5. The summed E-state index contributed by atoms with van der Waals surface area (Å²) in [7, 11) is 0. The van der Waals surface area contributed by atoms with Crippen LogP contribution in [0.3, 0.4) is 0 Å². The number of thioether (sulfide) groups is 1. The van der Waals surface area contributed by atoms with Crippen LogP contribution in [0.15, 0.2) is 78.9 Å². The normalized spacial score (nSPS) is 18.9. The first kappa shape index (κ1) is 22.7. The lowest BCUT2D eigenvalue weighted by Crippen LogP contribution is -2.48. The molecule has 32 heavy (non-hydrogen) atoms. The molecule has 0 aliphatic carbocycles. The van der Waals surface area contributed by atoms with Crippen LogP contribution in [0.1, 0.15) is 39.8 Å². The molecule has 4 nitrogen and oxygen atoms in total. The zero-order valence-electron chi connectivity index (χ0n) is 17.4. The molecule has 164 valence electrons. The summed E-state index contributed by atoms with van der Waals surface area (Å²) >= 11 is 13.9. The Kier molecular flexibility index (Phi) is 7.09. The van der Waals surface area contributed by atoms with Gasteiger partial charge in [0.1, 0.15) is 11.4 Å². The fraction of sp³-hybridized carbons (Fsp3) is 0.200. The van der Waals surface area contributed by atoms with Gasteiger partial charge in [-0.3, -0.25) is 9.59 Å². The Morgan fingerprint density at radius 1 is 1.00 bits per heavy atom. The molecule has 0 bridgehead atoms. The van der Waals surface area contributed by atoms with E-state index in [9.17, 15) is 9.59 Å². The third-order valence-corrected chi connectivity index (χ3v) is 7.31. The molecule has 3 atom stereocenters. The van der Waals surface area contributed by atoms with Gasteiger partial charge in [-0.15, -0.1) is 11.8 Å². The third kappa shape index (κ3) is 4.80. The molecule has 2 amide bonds. The number of benzene rings is 3. The topological polar surface area (TPSA) is 49.4 Å². The van der Waals surface area contributed by atoms with Gasteiger partial charge in [-0.05, 0) is 36.2 Å². The van der Waals surface area contributed by atoms with Crippen molar-refractivity contribution in [1.82, 2.24) is 10.2 Å². The van der Waals surface area contributed by atoms with Gasteiger partial charge < -0.3 is 10.2 Å². The number of hydrogen-bond acceptors (Lipinski definition) is 3. The fourth-order valence-electron chi connectivity index (χ4n) is 3.77. The Morgan fingerprint density at radius 2 is 1.66 bits per heavy atom. The van der Waals surface area contributed by atoms with Gasteiger partial charge >= 0.3 is 0 Å². The lowest BCUT2D eigenvalue weighted by atomic mass is 10.1. The van der Waals surface area contributed by atoms with Crippen LogP contribution >= 0.6 is 35.0 Å². The lowest BCUT2D eigenvalue weighted by molar-refractivity contribution is -0.125. The number of carbonyl (C=O) groups is 2. The predicted molar refractivity (Wildman–Crippen MR) is 131 cm³/mol. The van der Waals surface area contributed by atoms with Crippen LogP contribution in [-0.4, -0.2) is 28.5 Å². The van der Waals surface area contributed by atoms with Crippen molar-refractivity contribution >= 4 is 46.8 Å². The van der Waals surface area contributed by atoms with E-state index in [1.165, 1.54) is 0 Å². The maximum absolute atomic E-state index is 13.6. The molecule has 0 radical (unpaired) electrons. The summed E-state index contributed by atoms with van der Waals surface area (Å²) < 4.78 is 0. The number of carbonyl (C=O) groups excluding carboxylic acids is 2. The van der Waals surface area contributed by atoms with E-state index in [1.54, 1.807) is 34.9 Å². The smallest absolute Gasteiger partial charge is 0.257 e. The maximum atomic E-state index is 13.6. The highest BCUT2D eigenvalue weighted by molar-refractivity contribution is 7.99. The first-order valence-electron chi connectivity index (χ1n) is 10.3. The molecule has 3 unspecified atom stereocenters. The molecule has 4 rings (SSSR count). The fourth-order valence-corrected chi connectivity index (χ4v) is 5.69. The molecule has 3 aromatic rings. The highest BCUT2D eigenvalue weighted by Crippen LogP contribution is 2.43.